The van der Waals surface area contributed by atoms with E-state index in [4.69, 9.17) is 9.72 Å². The molecule has 0 saturated carbocycles. The zero-order valence-corrected chi connectivity index (χ0v) is 18.4. The molecule has 2 aliphatic heterocycles. The van der Waals surface area contributed by atoms with E-state index >= 15 is 0 Å². The first-order chi connectivity index (χ1) is 15.3. The molecule has 0 aliphatic carbocycles. The number of aromatic nitrogens is 1. The first-order valence-corrected chi connectivity index (χ1v) is 11.5. The molecule has 1 fully saturated rings. The lowest BCUT2D eigenvalue weighted by Crippen LogP contribution is -2.42. The van der Waals surface area contributed by atoms with E-state index in [0.717, 1.165) is 70.2 Å². The van der Waals surface area contributed by atoms with Gasteiger partial charge in [0.25, 0.3) is 0 Å². The van der Waals surface area contributed by atoms with E-state index in [-0.39, 0.29) is 0 Å². The summed E-state index contributed by atoms with van der Waals surface area (Å²) in [6.45, 7) is 9.73. The molecule has 162 valence electrons. The summed E-state index contributed by atoms with van der Waals surface area (Å²) in [4.78, 5) is 9.98. The first-order valence-electron chi connectivity index (χ1n) is 11.5. The Labute approximate surface area is 185 Å². The summed E-state index contributed by atoms with van der Waals surface area (Å²) in [6, 6.07) is 20.0. The smallest absolute Gasteiger partial charge is 0.133 e. The Morgan fingerprint density at radius 2 is 1.77 bits per heavy atom. The highest BCUT2D eigenvalue weighted by Gasteiger charge is 2.20. The molecule has 3 heterocycles. The number of hydrogen-bond donors (Lipinski definition) is 1. The van der Waals surface area contributed by atoms with E-state index in [0.29, 0.717) is 6.04 Å². The molecular weight excluding hydrogens is 384 g/mol. The zero-order chi connectivity index (χ0) is 21.0. The highest BCUT2D eigenvalue weighted by molar-refractivity contribution is 5.81. The van der Waals surface area contributed by atoms with Gasteiger partial charge >= 0.3 is 0 Å². The molecule has 1 saturated heterocycles. The topological polar surface area (TPSA) is 40.6 Å². The second kappa shape index (κ2) is 9.35. The standard InChI is InChI=1S/C26H32N4O/c1-20(18-29-11-10-21-6-2-3-8-23(21)19-29)27-17-24-16-22-7-4-5-9-25(22)28-26(24)30-12-14-31-15-13-30/h2-9,16,20,27H,10-15,17-19H2,1H3. The SMILES string of the molecule is CC(CN1CCc2ccccc2C1)NCc1cc2ccccc2nc1N1CCOCC1. The van der Waals surface area contributed by atoms with Crippen molar-refractivity contribution in [1.29, 1.82) is 0 Å². The second-order valence-electron chi connectivity index (χ2n) is 8.80. The Morgan fingerprint density at radius 3 is 2.65 bits per heavy atom. The van der Waals surface area contributed by atoms with Crippen LogP contribution in [-0.2, 0) is 24.2 Å². The van der Waals surface area contributed by atoms with Gasteiger partial charge < -0.3 is 15.0 Å². The van der Waals surface area contributed by atoms with Gasteiger partial charge in [0.15, 0.2) is 0 Å². The van der Waals surface area contributed by atoms with Crippen molar-refractivity contribution >= 4 is 16.7 Å². The van der Waals surface area contributed by atoms with Gasteiger partial charge in [0, 0.05) is 56.3 Å². The Kier molecular flexibility index (Phi) is 6.16. The molecule has 5 nitrogen and oxygen atoms in total. The number of pyridine rings is 1. The summed E-state index contributed by atoms with van der Waals surface area (Å²) in [6.07, 6.45) is 1.15. The third-order valence-electron chi connectivity index (χ3n) is 6.47. The van der Waals surface area contributed by atoms with Crippen molar-refractivity contribution in [2.45, 2.75) is 32.5 Å². The van der Waals surface area contributed by atoms with Crippen molar-refractivity contribution in [2.24, 2.45) is 0 Å². The van der Waals surface area contributed by atoms with Crippen molar-refractivity contribution in [1.82, 2.24) is 15.2 Å². The summed E-state index contributed by atoms with van der Waals surface area (Å²) in [5.74, 6) is 1.11. The number of hydrogen-bond acceptors (Lipinski definition) is 5. The van der Waals surface area contributed by atoms with Crippen LogP contribution >= 0.6 is 0 Å². The fraction of sp³-hybridized carbons (Fsp3) is 0.423. The lowest BCUT2D eigenvalue weighted by atomic mass is 9.99. The van der Waals surface area contributed by atoms with Crippen molar-refractivity contribution in [2.75, 3.05) is 44.3 Å². The molecule has 1 unspecified atom stereocenters. The molecule has 5 rings (SSSR count). The molecule has 2 aromatic carbocycles. The highest BCUT2D eigenvalue weighted by Crippen LogP contribution is 2.25. The predicted octanol–water partition coefficient (Wildman–Crippen LogP) is 3.61. The fourth-order valence-electron chi connectivity index (χ4n) is 4.77. The summed E-state index contributed by atoms with van der Waals surface area (Å²) in [7, 11) is 0. The number of anilines is 1. The molecule has 0 spiro atoms. The summed E-state index contributed by atoms with van der Waals surface area (Å²) in [5.41, 5.74) is 5.33. The summed E-state index contributed by atoms with van der Waals surface area (Å²) in [5, 5.41) is 4.98. The minimum absolute atomic E-state index is 0.411. The van der Waals surface area contributed by atoms with Gasteiger partial charge in [-0.2, -0.15) is 0 Å². The fourth-order valence-corrected chi connectivity index (χ4v) is 4.77. The molecule has 1 atom stereocenters. The average molecular weight is 417 g/mol. The normalized spacial score (nSPS) is 18.2. The number of benzene rings is 2. The van der Waals surface area contributed by atoms with Crippen LogP contribution in [0.25, 0.3) is 10.9 Å². The number of nitrogens with one attached hydrogen (secondary N) is 1. The van der Waals surface area contributed by atoms with Gasteiger partial charge in [0.05, 0.1) is 18.7 Å². The van der Waals surface area contributed by atoms with E-state index in [1.54, 1.807) is 0 Å². The minimum Gasteiger partial charge on any atom is -0.378 e. The largest absolute Gasteiger partial charge is 0.378 e. The summed E-state index contributed by atoms with van der Waals surface area (Å²) >= 11 is 0. The Bertz CT molecular complexity index is 1030. The molecule has 1 aromatic heterocycles. The van der Waals surface area contributed by atoms with Gasteiger partial charge in [-0.05, 0) is 36.6 Å². The van der Waals surface area contributed by atoms with Crippen molar-refractivity contribution < 1.29 is 4.74 Å². The van der Waals surface area contributed by atoms with Crippen LogP contribution in [0.15, 0.2) is 54.6 Å². The van der Waals surface area contributed by atoms with Gasteiger partial charge in [-0.15, -0.1) is 0 Å². The van der Waals surface area contributed by atoms with Crippen LogP contribution in [0.3, 0.4) is 0 Å². The number of ether oxygens (including phenoxy) is 1. The first kappa shape index (κ1) is 20.4. The number of para-hydroxylation sites is 1. The van der Waals surface area contributed by atoms with E-state index in [1.807, 2.05) is 0 Å². The van der Waals surface area contributed by atoms with Gasteiger partial charge in [-0.1, -0.05) is 42.5 Å². The molecule has 0 bridgehead atoms. The molecule has 2 aliphatic rings. The third kappa shape index (κ3) is 4.74. The Morgan fingerprint density at radius 1 is 1.00 bits per heavy atom. The molecule has 3 aromatic rings. The van der Waals surface area contributed by atoms with Gasteiger partial charge in [-0.25, -0.2) is 4.98 Å². The van der Waals surface area contributed by atoms with E-state index in [9.17, 15) is 0 Å². The van der Waals surface area contributed by atoms with E-state index < -0.39 is 0 Å². The molecule has 1 N–H and O–H groups in total. The average Bonchev–Trinajstić information content (AvgIpc) is 2.82. The zero-order valence-electron chi connectivity index (χ0n) is 18.4. The molecule has 0 radical (unpaired) electrons. The summed E-state index contributed by atoms with van der Waals surface area (Å²) < 4.78 is 5.57. The maximum Gasteiger partial charge on any atom is 0.133 e. The molecule has 5 heteroatoms. The van der Waals surface area contributed by atoms with Gasteiger partial charge in [0.1, 0.15) is 5.82 Å². The number of morpholine rings is 1. The lowest BCUT2D eigenvalue weighted by molar-refractivity contribution is 0.122. The Balaban J connectivity index is 1.27. The van der Waals surface area contributed by atoms with Gasteiger partial charge in [0.2, 0.25) is 0 Å². The maximum atomic E-state index is 5.57. The third-order valence-corrected chi connectivity index (χ3v) is 6.47. The van der Waals surface area contributed by atoms with Crippen LogP contribution in [-0.4, -0.2) is 55.3 Å². The molecule has 0 amide bonds. The quantitative estimate of drug-likeness (QED) is 0.665. The number of fused-ring (bicyclic) bond motifs is 2. The van der Waals surface area contributed by atoms with Crippen LogP contribution in [0.2, 0.25) is 0 Å². The van der Waals surface area contributed by atoms with Crippen LogP contribution in [0, 0.1) is 0 Å². The molecular formula is C26H32N4O. The van der Waals surface area contributed by atoms with Crippen molar-refractivity contribution in [3.05, 3.63) is 71.3 Å². The van der Waals surface area contributed by atoms with E-state index in [2.05, 4.69) is 76.6 Å². The monoisotopic (exact) mass is 416 g/mol. The Hall–Kier alpha value is -2.47. The van der Waals surface area contributed by atoms with Crippen LogP contribution in [0.4, 0.5) is 5.82 Å². The molecule has 31 heavy (non-hydrogen) atoms. The maximum absolute atomic E-state index is 5.57. The highest BCUT2D eigenvalue weighted by atomic mass is 16.5. The number of rotatable bonds is 6. The van der Waals surface area contributed by atoms with Crippen LogP contribution in [0.5, 0.6) is 0 Å². The minimum atomic E-state index is 0.411. The van der Waals surface area contributed by atoms with E-state index in [1.165, 1.54) is 22.1 Å². The van der Waals surface area contributed by atoms with Crippen LogP contribution < -0.4 is 10.2 Å². The van der Waals surface area contributed by atoms with Crippen molar-refractivity contribution in [3.8, 4) is 0 Å². The van der Waals surface area contributed by atoms with Crippen molar-refractivity contribution in [3.63, 3.8) is 0 Å². The number of nitrogens with zero attached hydrogens (tertiary/aromatic N) is 3. The van der Waals surface area contributed by atoms with Gasteiger partial charge in [-0.3, -0.25) is 4.90 Å². The lowest BCUT2D eigenvalue weighted by Gasteiger charge is -2.32. The second-order valence-corrected chi connectivity index (χ2v) is 8.80. The predicted molar refractivity (Wildman–Crippen MR) is 126 cm³/mol. The van der Waals surface area contributed by atoms with Crippen LogP contribution in [0.1, 0.15) is 23.6 Å².